The molecule has 0 spiro atoms. The molecule has 0 fully saturated rings. The number of hydrogen-bond donors (Lipinski definition) is 1. The Morgan fingerprint density at radius 2 is 1.80 bits per heavy atom. The molecule has 5 heteroatoms. The normalized spacial score (nSPS) is 11.1. The summed E-state index contributed by atoms with van der Waals surface area (Å²) in [5, 5.41) is 3.21. The predicted molar refractivity (Wildman–Crippen MR) is 79.9 cm³/mol. The second kappa shape index (κ2) is 5.96. The summed E-state index contributed by atoms with van der Waals surface area (Å²) in [5.74, 6) is 0.813. The first kappa shape index (κ1) is 14.4. The lowest BCUT2D eigenvalue weighted by atomic mass is 10.2. The van der Waals surface area contributed by atoms with Crippen LogP contribution in [0.1, 0.15) is 5.56 Å². The van der Waals surface area contributed by atoms with Gasteiger partial charge in [0.25, 0.3) is 0 Å². The zero-order valence-corrected chi connectivity index (χ0v) is 12.3. The lowest BCUT2D eigenvalue weighted by molar-refractivity contribution is 0.414. The van der Waals surface area contributed by atoms with Gasteiger partial charge in [-0.05, 0) is 35.9 Å². The van der Waals surface area contributed by atoms with Crippen molar-refractivity contribution in [3.63, 3.8) is 0 Å². The van der Waals surface area contributed by atoms with Gasteiger partial charge in [-0.2, -0.15) is 0 Å². The van der Waals surface area contributed by atoms with Gasteiger partial charge in [0.1, 0.15) is 5.75 Å². The van der Waals surface area contributed by atoms with E-state index in [0.717, 1.165) is 17.0 Å². The molecule has 1 N–H and O–H groups in total. The monoisotopic (exact) mass is 291 g/mol. The van der Waals surface area contributed by atoms with Gasteiger partial charge in [-0.3, -0.25) is 0 Å². The number of hydrogen-bond acceptors (Lipinski definition) is 4. The number of nitrogens with one attached hydrogen (secondary N) is 1. The van der Waals surface area contributed by atoms with Crippen molar-refractivity contribution >= 4 is 15.5 Å². The van der Waals surface area contributed by atoms with Gasteiger partial charge >= 0.3 is 0 Å². The highest BCUT2D eigenvalue weighted by Crippen LogP contribution is 2.17. The third-order valence-electron chi connectivity index (χ3n) is 2.92. The van der Waals surface area contributed by atoms with Gasteiger partial charge in [0.15, 0.2) is 9.84 Å². The van der Waals surface area contributed by atoms with Crippen LogP contribution in [-0.4, -0.2) is 21.8 Å². The smallest absolute Gasteiger partial charge is 0.175 e. The molecule has 0 aliphatic heterocycles. The summed E-state index contributed by atoms with van der Waals surface area (Å²) in [7, 11) is -1.54. The largest absolute Gasteiger partial charge is 0.497 e. The molecule has 0 atom stereocenters. The minimum atomic E-state index is -3.17. The minimum Gasteiger partial charge on any atom is -0.497 e. The lowest BCUT2D eigenvalue weighted by Gasteiger charge is -2.08. The van der Waals surface area contributed by atoms with Gasteiger partial charge in [0.2, 0.25) is 0 Å². The van der Waals surface area contributed by atoms with E-state index in [0.29, 0.717) is 11.4 Å². The zero-order valence-electron chi connectivity index (χ0n) is 11.5. The van der Waals surface area contributed by atoms with Crippen molar-refractivity contribution in [1.29, 1.82) is 0 Å². The molecule has 4 nitrogen and oxygen atoms in total. The third-order valence-corrected chi connectivity index (χ3v) is 4.03. The Morgan fingerprint density at radius 1 is 1.10 bits per heavy atom. The highest BCUT2D eigenvalue weighted by Gasteiger charge is 2.06. The van der Waals surface area contributed by atoms with E-state index in [2.05, 4.69) is 5.32 Å². The summed E-state index contributed by atoms with van der Waals surface area (Å²) in [6.07, 6.45) is 1.20. The van der Waals surface area contributed by atoms with Crippen molar-refractivity contribution in [3.8, 4) is 5.75 Å². The van der Waals surface area contributed by atoms with Crippen LogP contribution >= 0.6 is 0 Å². The highest BCUT2D eigenvalue weighted by atomic mass is 32.2. The summed E-state index contributed by atoms with van der Waals surface area (Å²) in [5.41, 5.74) is 1.87. The maximum absolute atomic E-state index is 11.5. The van der Waals surface area contributed by atoms with E-state index in [9.17, 15) is 8.42 Å². The highest BCUT2D eigenvalue weighted by molar-refractivity contribution is 7.90. The number of sulfone groups is 1. The minimum absolute atomic E-state index is 0.317. The van der Waals surface area contributed by atoms with Gasteiger partial charge in [-0.15, -0.1) is 0 Å². The molecule has 0 unspecified atom stereocenters. The quantitative estimate of drug-likeness (QED) is 0.920. The Morgan fingerprint density at radius 3 is 2.40 bits per heavy atom. The Labute approximate surface area is 119 Å². The van der Waals surface area contributed by atoms with Gasteiger partial charge in [-0.25, -0.2) is 8.42 Å². The molecule has 2 rings (SSSR count). The fourth-order valence-electron chi connectivity index (χ4n) is 1.78. The lowest BCUT2D eigenvalue weighted by Crippen LogP contribution is -2.02. The van der Waals surface area contributed by atoms with Crippen molar-refractivity contribution in [2.75, 3.05) is 18.7 Å². The number of methoxy groups -OCH3 is 1. The van der Waals surface area contributed by atoms with E-state index < -0.39 is 9.84 Å². The van der Waals surface area contributed by atoms with Crippen LogP contribution in [0, 0.1) is 0 Å². The van der Waals surface area contributed by atoms with Crippen LogP contribution in [0.25, 0.3) is 0 Å². The van der Waals surface area contributed by atoms with Crippen LogP contribution in [-0.2, 0) is 16.4 Å². The molecule has 0 amide bonds. The average molecular weight is 291 g/mol. The Kier molecular flexibility index (Phi) is 4.29. The molecule has 2 aromatic rings. The van der Waals surface area contributed by atoms with Crippen LogP contribution in [0.5, 0.6) is 5.75 Å². The van der Waals surface area contributed by atoms with E-state index in [4.69, 9.17) is 4.74 Å². The summed E-state index contributed by atoms with van der Waals surface area (Å²) >= 11 is 0. The fourth-order valence-corrected chi connectivity index (χ4v) is 2.45. The van der Waals surface area contributed by atoms with Crippen molar-refractivity contribution in [1.82, 2.24) is 0 Å². The summed E-state index contributed by atoms with van der Waals surface area (Å²) in [4.78, 5) is 0.317. The van der Waals surface area contributed by atoms with Gasteiger partial charge in [0, 0.05) is 18.5 Å². The van der Waals surface area contributed by atoms with Crippen LogP contribution in [0.15, 0.2) is 53.4 Å². The first-order chi connectivity index (χ1) is 9.49. The molecule has 0 bridgehead atoms. The molecule has 20 heavy (non-hydrogen) atoms. The van der Waals surface area contributed by atoms with Crippen LogP contribution in [0.4, 0.5) is 5.69 Å². The molecular weight excluding hydrogens is 274 g/mol. The third kappa shape index (κ3) is 3.74. The first-order valence-corrected chi connectivity index (χ1v) is 8.05. The molecule has 0 saturated carbocycles. The van der Waals surface area contributed by atoms with Gasteiger partial charge in [-0.1, -0.05) is 18.2 Å². The Bertz CT molecular complexity index is 679. The maximum Gasteiger partial charge on any atom is 0.175 e. The van der Waals surface area contributed by atoms with Gasteiger partial charge < -0.3 is 10.1 Å². The Hall–Kier alpha value is -2.01. The molecule has 0 heterocycles. The number of benzene rings is 2. The summed E-state index contributed by atoms with van der Waals surface area (Å²) in [6, 6.07) is 14.5. The van der Waals surface area contributed by atoms with E-state index in [1.807, 2.05) is 30.3 Å². The molecular formula is C15H17NO3S. The maximum atomic E-state index is 11.5. The van der Waals surface area contributed by atoms with Crippen molar-refractivity contribution in [2.24, 2.45) is 0 Å². The molecule has 0 radical (unpaired) electrons. The SMILES string of the molecule is COc1ccc(CNc2cccc(S(C)(=O)=O)c2)cc1. The van der Waals surface area contributed by atoms with Crippen LogP contribution in [0.3, 0.4) is 0 Å². The van der Waals surface area contributed by atoms with E-state index in [-0.39, 0.29) is 0 Å². The molecule has 2 aromatic carbocycles. The molecule has 0 aliphatic carbocycles. The summed E-state index contributed by atoms with van der Waals surface area (Å²) in [6.45, 7) is 0.622. The molecule has 0 aromatic heterocycles. The van der Waals surface area contributed by atoms with E-state index >= 15 is 0 Å². The Balaban J connectivity index is 2.07. The summed E-state index contributed by atoms with van der Waals surface area (Å²) < 4.78 is 28.1. The fraction of sp³-hybridized carbons (Fsp3) is 0.200. The molecule has 106 valence electrons. The van der Waals surface area contributed by atoms with Crippen molar-refractivity contribution in [3.05, 3.63) is 54.1 Å². The topological polar surface area (TPSA) is 55.4 Å². The molecule has 0 saturated heterocycles. The number of ether oxygens (including phenoxy) is 1. The van der Waals surface area contributed by atoms with Crippen LogP contribution in [0.2, 0.25) is 0 Å². The standard InChI is InChI=1S/C15H17NO3S/c1-19-14-8-6-12(7-9-14)11-16-13-4-3-5-15(10-13)20(2,17)18/h3-10,16H,11H2,1-2H3. The predicted octanol–water partition coefficient (Wildman–Crippen LogP) is 2.71. The van der Waals surface area contributed by atoms with E-state index in [1.54, 1.807) is 25.3 Å². The van der Waals surface area contributed by atoms with E-state index in [1.165, 1.54) is 6.26 Å². The first-order valence-electron chi connectivity index (χ1n) is 6.16. The van der Waals surface area contributed by atoms with Gasteiger partial charge in [0.05, 0.1) is 12.0 Å². The number of rotatable bonds is 5. The van der Waals surface area contributed by atoms with Crippen LogP contribution < -0.4 is 10.1 Å². The second-order valence-electron chi connectivity index (χ2n) is 4.50. The second-order valence-corrected chi connectivity index (χ2v) is 6.52. The average Bonchev–Trinajstić information content (AvgIpc) is 2.45. The van der Waals surface area contributed by atoms with Crippen molar-refractivity contribution < 1.29 is 13.2 Å². The molecule has 0 aliphatic rings. The van der Waals surface area contributed by atoms with Crippen molar-refractivity contribution in [2.45, 2.75) is 11.4 Å². The zero-order chi connectivity index (χ0) is 14.6. The number of anilines is 1.